The molecule has 160 valence electrons. The Labute approximate surface area is 181 Å². The van der Waals surface area contributed by atoms with Crippen molar-refractivity contribution in [1.82, 2.24) is 10.3 Å². The topological polar surface area (TPSA) is 88.6 Å². The molecule has 0 saturated carbocycles. The van der Waals surface area contributed by atoms with Crippen LogP contribution in [0, 0.1) is 0 Å². The van der Waals surface area contributed by atoms with E-state index in [1.807, 2.05) is 36.4 Å². The number of carbonyl (C=O) groups excluding carboxylic acids is 3. The summed E-state index contributed by atoms with van der Waals surface area (Å²) in [5.74, 6) is -1.44. The zero-order valence-electron chi connectivity index (χ0n) is 17.8. The fourth-order valence-electron chi connectivity index (χ4n) is 2.96. The number of carbonyl (C=O) groups is 3. The van der Waals surface area contributed by atoms with E-state index in [0.29, 0.717) is 11.2 Å². The van der Waals surface area contributed by atoms with Gasteiger partial charge in [-0.25, -0.2) is 4.98 Å². The van der Waals surface area contributed by atoms with Crippen LogP contribution in [0.2, 0.25) is 0 Å². The summed E-state index contributed by atoms with van der Waals surface area (Å²) in [4.78, 5) is 43.4. The maximum absolute atomic E-state index is 13.2. The van der Waals surface area contributed by atoms with E-state index >= 15 is 0 Å². The third kappa shape index (κ3) is 6.12. The van der Waals surface area contributed by atoms with Crippen molar-refractivity contribution < 1.29 is 19.1 Å². The number of hydrogen-bond acceptors (Lipinski definition) is 5. The Hall–Kier alpha value is -3.74. The number of pyridine rings is 1. The van der Waals surface area contributed by atoms with Gasteiger partial charge in [0.25, 0.3) is 5.91 Å². The van der Waals surface area contributed by atoms with E-state index in [-0.39, 0.29) is 18.8 Å². The third-order valence-electron chi connectivity index (χ3n) is 4.28. The highest BCUT2D eigenvalue weighted by Crippen LogP contribution is 2.18. The van der Waals surface area contributed by atoms with Crippen molar-refractivity contribution in [2.75, 3.05) is 18.0 Å². The average molecular weight is 419 g/mol. The van der Waals surface area contributed by atoms with Crippen molar-refractivity contribution in [3.05, 3.63) is 72.4 Å². The monoisotopic (exact) mass is 419 g/mol. The summed E-state index contributed by atoms with van der Waals surface area (Å²) in [6.45, 7) is 4.71. The summed E-state index contributed by atoms with van der Waals surface area (Å²) in [6, 6.07) is 19.8. The molecule has 2 amide bonds. The smallest absolute Gasteiger partial charge is 0.325 e. The number of para-hydroxylation sites is 2. The minimum Gasteiger partial charge on any atom is -0.459 e. The first kappa shape index (κ1) is 22.0. The molecular formula is C24H25N3O4. The Morgan fingerprint density at radius 1 is 0.935 bits per heavy atom. The number of benzene rings is 2. The van der Waals surface area contributed by atoms with E-state index in [2.05, 4.69) is 10.3 Å². The van der Waals surface area contributed by atoms with Crippen LogP contribution in [0.15, 0.2) is 66.7 Å². The Morgan fingerprint density at radius 3 is 2.32 bits per heavy atom. The van der Waals surface area contributed by atoms with Crippen LogP contribution in [-0.4, -0.2) is 41.5 Å². The Kier molecular flexibility index (Phi) is 6.65. The molecule has 0 bridgehead atoms. The standard InChI is InChI=1S/C24H25N3O4/c1-24(2,3)31-22(29)15-25-21(28)16-27(18-10-5-4-6-11-18)23(30)20-14-13-17-9-7-8-12-19(17)26-20/h4-14H,15-16H2,1-3H3,(H,25,28). The molecule has 2 aromatic carbocycles. The minimum absolute atomic E-state index is 0.225. The van der Waals surface area contributed by atoms with Gasteiger partial charge in [-0.15, -0.1) is 0 Å². The number of nitrogens with zero attached hydrogens (tertiary/aromatic N) is 2. The largest absolute Gasteiger partial charge is 0.459 e. The molecule has 0 fully saturated rings. The second kappa shape index (κ2) is 9.38. The van der Waals surface area contributed by atoms with E-state index in [1.165, 1.54) is 4.90 Å². The number of rotatable bonds is 6. The van der Waals surface area contributed by atoms with Gasteiger partial charge < -0.3 is 10.1 Å². The highest BCUT2D eigenvalue weighted by molar-refractivity contribution is 6.08. The molecule has 0 aliphatic carbocycles. The number of nitrogens with one attached hydrogen (secondary N) is 1. The SMILES string of the molecule is CC(C)(C)OC(=O)CNC(=O)CN(C(=O)c1ccc2ccccc2n1)c1ccccc1. The van der Waals surface area contributed by atoms with Crippen LogP contribution in [-0.2, 0) is 14.3 Å². The van der Waals surface area contributed by atoms with Gasteiger partial charge in [-0.2, -0.15) is 0 Å². The molecule has 0 saturated heterocycles. The lowest BCUT2D eigenvalue weighted by Gasteiger charge is -2.23. The van der Waals surface area contributed by atoms with Crippen molar-refractivity contribution in [3.8, 4) is 0 Å². The van der Waals surface area contributed by atoms with Gasteiger partial charge in [-0.05, 0) is 45.0 Å². The lowest BCUT2D eigenvalue weighted by Crippen LogP contribution is -2.43. The molecule has 0 atom stereocenters. The van der Waals surface area contributed by atoms with Gasteiger partial charge in [0.2, 0.25) is 5.91 Å². The second-order valence-electron chi connectivity index (χ2n) is 7.98. The molecule has 1 N–H and O–H groups in total. The lowest BCUT2D eigenvalue weighted by atomic mass is 10.2. The third-order valence-corrected chi connectivity index (χ3v) is 4.28. The first-order valence-electron chi connectivity index (χ1n) is 9.94. The number of anilines is 1. The van der Waals surface area contributed by atoms with Crippen LogP contribution in [0.1, 0.15) is 31.3 Å². The molecule has 1 aromatic heterocycles. The number of esters is 1. The molecule has 0 unspecified atom stereocenters. The van der Waals surface area contributed by atoms with E-state index < -0.39 is 23.4 Å². The molecule has 31 heavy (non-hydrogen) atoms. The van der Waals surface area contributed by atoms with Crippen LogP contribution < -0.4 is 10.2 Å². The Bertz CT molecular complexity index is 1090. The van der Waals surface area contributed by atoms with Crippen molar-refractivity contribution in [2.24, 2.45) is 0 Å². The highest BCUT2D eigenvalue weighted by Gasteiger charge is 2.23. The quantitative estimate of drug-likeness (QED) is 0.619. The summed E-state index contributed by atoms with van der Waals surface area (Å²) in [7, 11) is 0. The highest BCUT2D eigenvalue weighted by atomic mass is 16.6. The van der Waals surface area contributed by atoms with Crippen molar-refractivity contribution >= 4 is 34.4 Å². The molecule has 1 heterocycles. The summed E-state index contributed by atoms with van der Waals surface area (Å²) < 4.78 is 5.19. The zero-order valence-corrected chi connectivity index (χ0v) is 17.8. The predicted molar refractivity (Wildman–Crippen MR) is 119 cm³/mol. The number of fused-ring (bicyclic) bond motifs is 1. The summed E-state index contributed by atoms with van der Waals surface area (Å²) in [5.41, 5.74) is 0.823. The van der Waals surface area contributed by atoms with Gasteiger partial charge in [0.1, 0.15) is 24.4 Å². The van der Waals surface area contributed by atoms with Gasteiger partial charge in [0, 0.05) is 11.1 Å². The first-order chi connectivity index (χ1) is 14.7. The number of amides is 2. The normalized spacial score (nSPS) is 11.1. The molecule has 0 spiro atoms. The van der Waals surface area contributed by atoms with E-state index in [4.69, 9.17) is 4.74 Å². The molecule has 3 rings (SSSR count). The van der Waals surface area contributed by atoms with Crippen LogP contribution in [0.3, 0.4) is 0 Å². The Morgan fingerprint density at radius 2 is 1.61 bits per heavy atom. The van der Waals surface area contributed by atoms with Gasteiger partial charge >= 0.3 is 5.97 Å². The zero-order chi connectivity index (χ0) is 22.4. The van der Waals surface area contributed by atoms with Gasteiger partial charge in [-0.3, -0.25) is 19.3 Å². The molecule has 3 aromatic rings. The van der Waals surface area contributed by atoms with E-state index in [0.717, 1.165) is 5.39 Å². The molecular weight excluding hydrogens is 394 g/mol. The molecule has 7 nitrogen and oxygen atoms in total. The predicted octanol–water partition coefficient (Wildman–Crippen LogP) is 3.34. The first-order valence-corrected chi connectivity index (χ1v) is 9.94. The number of hydrogen-bond donors (Lipinski definition) is 1. The van der Waals surface area contributed by atoms with E-state index in [9.17, 15) is 14.4 Å². The number of ether oxygens (including phenoxy) is 1. The molecule has 0 radical (unpaired) electrons. The van der Waals surface area contributed by atoms with Crippen molar-refractivity contribution in [1.29, 1.82) is 0 Å². The second-order valence-corrected chi connectivity index (χ2v) is 7.98. The van der Waals surface area contributed by atoms with Crippen LogP contribution in [0.4, 0.5) is 5.69 Å². The molecule has 7 heteroatoms. The fourth-order valence-corrected chi connectivity index (χ4v) is 2.96. The maximum Gasteiger partial charge on any atom is 0.325 e. The maximum atomic E-state index is 13.2. The molecule has 0 aliphatic heterocycles. The van der Waals surface area contributed by atoms with Crippen LogP contribution in [0.5, 0.6) is 0 Å². The molecule has 0 aliphatic rings. The minimum atomic E-state index is -0.643. The van der Waals surface area contributed by atoms with Gasteiger partial charge in [0.05, 0.1) is 5.52 Å². The number of aromatic nitrogens is 1. The lowest BCUT2D eigenvalue weighted by molar-refractivity contribution is -0.154. The Balaban J connectivity index is 1.77. The summed E-state index contributed by atoms with van der Waals surface area (Å²) >= 11 is 0. The van der Waals surface area contributed by atoms with Crippen LogP contribution >= 0.6 is 0 Å². The average Bonchev–Trinajstić information content (AvgIpc) is 2.74. The van der Waals surface area contributed by atoms with Gasteiger partial charge in [-0.1, -0.05) is 42.5 Å². The van der Waals surface area contributed by atoms with Crippen LogP contribution in [0.25, 0.3) is 10.9 Å². The van der Waals surface area contributed by atoms with Crippen molar-refractivity contribution in [3.63, 3.8) is 0 Å². The summed E-state index contributed by atoms with van der Waals surface area (Å²) in [5, 5.41) is 3.43. The van der Waals surface area contributed by atoms with Gasteiger partial charge in [0.15, 0.2) is 0 Å². The summed E-state index contributed by atoms with van der Waals surface area (Å²) in [6.07, 6.45) is 0. The fraction of sp³-hybridized carbons (Fsp3) is 0.250. The van der Waals surface area contributed by atoms with E-state index in [1.54, 1.807) is 51.1 Å². The van der Waals surface area contributed by atoms with Crippen molar-refractivity contribution in [2.45, 2.75) is 26.4 Å².